The Balaban J connectivity index is 1.97. The summed E-state index contributed by atoms with van der Waals surface area (Å²) >= 11 is 0. The van der Waals surface area contributed by atoms with Crippen molar-refractivity contribution in [3.05, 3.63) is 29.8 Å². The van der Waals surface area contributed by atoms with E-state index in [-0.39, 0.29) is 5.91 Å². The average Bonchev–Trinajstić information content (AvgIpc) is 2.50. The summed E-state index contributed by atoms with van der Waals surface area (Å²) in [6, 6.07) is 8.63. The van der Waals surface area contributed by atoms with Crippen LogP contribution in [0.15, 0.2) is 24.3 Å². The molecule has 0 spiro atoms. The van der Waals surface area contributed by atoms with Crippen molar-refractivity contribution < 1.29 is 4.79 Å². The topological polar surface area (TPSA) is 44.4 Å². The molecule has 20 heavy (non-hydrogen) atoms. The number of hydrogen-bond donors (Lipinski definition) is 2. The van der Waals surface area contributed by atoms with Gasteiger partial charge in [-0.2, -0.15) is 0 Å². The van der Waals surface area contributed by atoms with Gasteiger partial charge in [0, 0.05) is 31.9 Å². The molecule has 4 heteroatoms. The molecule has 2 rings (SSSR count). The fraction of sp³-hybridized carbons (Fsp3) is 0.562. The molecule has 1 aromatic carbocycles. The summed E-state index contributed by atoms with van der Waals surface area (Å²) < 4.78 is 0. The van der Waals surface area contributed by atoms with Gasteiger partial charge in [0.15, 0.2) is 0 Å². The first-order valence-corrected chi connectivity index (χ1v) is 7.50. The first kappa shape index (κ1) is 14.9. The zero-order valence-corrected chi connectivity index (χ0v) is 12.5. The Hall–Kier alpha value is -1.55. The molecule has 1 aliphatic rings. The lowest BCUT2D eigenvalue weighted by atomic mass is 10.0. The molecule has 110 valence electrons. The smallest absolute Gasteiger partial charge is 0.224 e. The Bertz CT molecular complexity index is 439. The van der Waals surface area contributed by atoms with E-state index in [0.29, 0.717) is 12.5 Å². The van der Waals surface area contributed by atoms with Crippen LogP contribution in [-0.2, 0) is 11.2 Å². The number of nitrogens with one attached hydrogen (secondary N) is 2. The zero-order chi connectivity index (χ0) is 14.4. The number of likely N-dealkylation sites (tertiary alicyclic amines) is 1. The second-order valence-corrected chi connectivity index (χ2v) is 5.36. The number of carbonyl (C=O) groups excluding carboxylic acids is 1. The van der Waals surface area contributed by atoms with Crippen LogP contribution < -0.4 is 10.6 Å². The number of amides is 1. The highest BCUT2D eigenvalue weighted by molar-refractivity contribution is 5.80. The molecule has 1 heterocycles. The van der Waals surface area contributed by atoms with Crippen LogP contribution in [0.5, 0.6) is 0 Å². The maximum absolute atomic E-state index is 11.6. The van der Waals surface area contributed by atoms with Crippen molar-refractivity contribution in [1.82, 2.24) is 10.2 Å². The number of benzene rings is 1. The molecule has 0 aromatic heterocycles. The van der Waals surface area contributed by atoms with Crippen LogP contribution >= 0.6 is 0 Å². The number of hydrogen-bond acceptors (Lipinski definition) is 3. The van der Waals surface area contributed by atoms with E-state index in [1.54, 1.807) is 7.05 Å². The lowest BCUT2D eigenvalue weighted by Crippen LogP contribution is -2.39. The highest BCUT2D eigenvalue weighted by Gasteiger charge is 2.18. The largest absolute Gasteiger partial charge is 0.382 e. The van der Waals surface area contributed by atoms with Gasteiger partial charge < -0.3 is 15.5 Å². The van der Waals surface area contributed by atoms with Crippen LogP contribution in [0.1, 0.15) is 25.3 Å². The standard InChI is InChI=1S/C16H25N3O/c1-3-19-10-8-14(9-11-19)18-15-7-5-4-6-13(15)12-16(20)17-2/h4-7,14,18H,3,8-12H2,1-2H3,(H,17,20). The van der Waals surface area contributed by atoms with Crippen LogP contribution in [0.3, 0.4) is 0 Å². The van der Waals surface area contributed by atoms with E-state index in [2.05, 4.69) is 28.5 Å². The number of nitrogens with zero attached hydrogens (tertiary/aromatic N) is 1. The summed E-state index contributed by atoms with van der Waals surface area (Å²) in [4.78, 5) is 14.0. The molecule has 0 atom stereocenters. The summed E-state index contributed by atoms with van der Waals surface area (Å²) in [7, 11) is 1.68. The van der Waals surface area contributed by atoms with Crippen molar-refractivity contribution >= 4 is 11.6 Å². The number of piperidine rings is 1. The third-order valence-corrected chi connectivity index (χ3v) is 4.04. The number of para-hydroxylation sites is 1. The predicted octanol–water partition coefficient (Wildman–Crippen LogP) is 1.87. The van der Waals surface area contributed by atoms with Gasteiger partial charge in [0.05, 0.1) is 6.42 Å². The Kier molecular flexibility index (Phi) is 5.41. The summed E-state index contributed by atoms with van der Waals surface area (Å²) in [6.45, 7) is 5.67. The monoisotopic (exact) mass is 275 g/mol. The summed E-state index contributed by atoms with van der Waals surface area (Å²) in [6.07, 6.45) is 2.78. The highest BCUT2D eigenvalue weighted by atomic mass is 16.1. The Morgan fingerprint density at radius 3 is 2.65 bits per heavy atom. The Morgan fingerprint density at radius 2 is 2.00 bits per heavy atom. The van der Waals surface area contributed by atoms with Gasteiger partial charge in [-0.25, -0.2) is 0 Å². The van der Waals surface area contributed by atoms with Crippen molar-refractivity contribution in [1.29, 1.82) is 0 Å². The number of likely N-dealkylation sites (N-methyl/N-ethyl adjacent to an activating group) is 1. The van der Waals surface area contributed by atoms with Gasteiger partial charge in [-0.05, 0) is 31.0 Å². The van der Waals surface area contributed by atoms with Gasteiger partial charge in [0.1, 0.15) is 0 Å². The molecule has 1 aromatic rings. The van der Waals surface area contributed by atoms with Gasteiger partial charge in [-0.15, -0.1) is 0 Å². The van der Waals surface area contributed by atoms with Crippen LogP contribution in [-0.4, -0.2) is 43.5 Å². The average molecular weight is 275 g/mol. The van der Waals surface area contributed by atoms with E-state index in [0.717, 1.165) is 30.9 Å². The van der Waals surface area contributed by atoms with Crippen LogP contribution in [0, 0.1) is 0 Å². The highest BCUT2D eigenvalue weighted by Crippen LogP contribution is 2.20. The van der Waals surface area contributed by atoms with Gasteiger partial charge in [0.2, 0.25) is 5.91 Å². The second kappa shape index (κ2) is 7.29. The van der Waals surface area contributed by atoms with Crippen LogP contribution in [0.4, 0.5) is 5.69 Å². The Labute approximate surface area is 121 Å². The maximum Gasteiger partial charge on any atom is 0.224 e. The number of carbonyl (C=O) groups is 1. The lowest BCUT2D eigenvalue weighted by Gasteiger charge is -2.32. The first-order chi connectivity index (χ1) is 9.72. The number of anilines is 1. The number of rotatable bonds is 5. The third-order valence-electron chi connectivity index (χ3n) is 4.04. The van der Waals surface area contributed by atoms with Crippen LogP contribution in [0.2, 0.25) is 0 Å². The van der Waals surface area contributed by atoms with Crippen molar-refractivity contribution in [2.75, 3.05) is 32.0 Å². The third kappa shape index (κ3) is 3.97. The normalized spacial score (nSPS) is 16.9. The molecule has 0 radical (unpaired) electrons. The summed E-state index contributed by atoms with van der Waals surface area (Å²) in [5.74, 6) is 0.0556. The molecule has 1 saturated heterocycles. The van der Waals surface area contributed by atoms with E-state index in [1.807, 2.05) is 18.2 Å². The van der Waals surface area contributed by atoms with Crippen LogP contribution in [0.25, 0.3) is 0 Å². The molecule has 0 unspecified atom stereocenters. The molecule has 1 aliphatic heterocycles. The second-order valence-electron chi connectivity index (χ2n) is 5.36. The predicted molar refractivity (Wildman–Crippen MR) is 83.0 cm³/mol. The first-order valence-electron chi connectivity index (χ1n) is 7.50. The van der Waals surface area contributed by atoms with E-state index < -0.39 is 0 Å². The van der Waals surface area contributed by atoms with Gasteiger partial charge >= 0.3 is 0 Å². The fourth-order valence-corrected chi connectivity index (χ4v) is 2.69. The summed E-state index contributed by atoms with van der Waals surface area (Å²) in [5.41, 5.74) is 2.18. The van der Waals surface area contributed by atoms with Gasteiger partial charge in [-0.1, -0.05) is 25.1 Å². The quantitative estimate of drug-likeness (QED) is 0.862. The van der Waals surface area contributed by atoms with E-state index in [9.17, 15) is 4.79 Å². The fourth-order valence-electron chi connectivity index (χ4n) is 2.69. The Morgan fingerprint density at radius 1 is 1.30 bits per heavy atom. The van der Waals surface area contributed by atoms with E-state index in [4.69, 9.17) is 0 Å². The molecule has 0 bridgehead atoms. The van der Waals surface area contributed by atoms with Crippen molar-refractivity contribution in [2.24, 2.45) is 0 Å². The summed E-state index contributed by atoms with van der Waals surface area (Å²) in [5, 5.41) is 6.30. The molecule has 4 nitrogen and oxygen atoms in total. The molecular weight excluding hydrogens is 250 g/mol. The SMILES string of the molecule is CCN1CCC(Nc2ccccc2CC(=O)NC)CC1. The minimum absolute atomic E-state index is 0.0556. The molecular formula is C16H25N3O. The van der Waals surface area contributed by atoms with E-state index in [1.165, 1.54) is 12.8 Å². The van der Waals surface area contributed by atoms with Gasteiger partial charge in [-0.3, -0.25) is 4.79 Å². The maximum atomic E-state index is 11.6. The van der Waals surface area contributed by atoms with E-state index >= 15 is 0 Å². The molecule has 1 amide bonds. The minimum Gasteiger partial charge on any atom is -0.382 e. The minimum atomic E-state index is 0.0556. The van der Waals surface area contributed by atoms with Crippen molar-refractivity contribution in [3.8, 4) is 0 Å². The molecule has 0 aliphatic carbocycles. The molecule has 1 fully saturated rings. The van der Waals surface area contributed by atoms with Crippen molar-refractivity contribution in [2.45, 2.75) is 32.2 Å². The van der Waals surface area contributed by atoms with Gasteiger partial charge in [0.25, 0.3) is 0 Å². The zero-order valence-electron chi connectivity index (χ0n) is 12.5. The molecule has 2 N–H and O–H groups in total. The lowest BCUT2D eigenvalue weighted by molar-refractivity contribution is -0.119. The van der Waals surface area contributed by atoms with Crippen molar-refractivity contribution in [3.63, 3.8) is 0 Å². The molecule has 0 saturated carbocycles.